The Morgan fingerprint density at radius 3 is 2.52 bits per heavy atom. The van der Waals surface area contributed by atoms with E-state index < -0.39 is 5.97 Å². The van der Waals surface area contributed by atoms with Crippen molar-refractivity contribution < 1.29 is 23.2 Å². The van der Waals surface area contributed by atoms with Crippen molar-refractivity contribution in [3.05, 3.63) is 77.5 Å². The molecule has 0 saturated heterocycles. The van der Waals surface area contributed by atoms with Crippen molar-refractivity contribution in [3.63, 3.8) is 0 Å². The maximum Gasteiger partial charge on any atom is 0.338 e. The first-order valence-electron chi connectivity index (χ1n) is 7.65. The lowest BCUT2D eigenvalue weighted by Crippen LogP contribution is -2.02. The number of carbonyl (C=O) groups is 2. The minimum absolute atomic E-state index is 0.249. The number of methoxy groups -OCH3 is 1. The maximum absolute atomic E-state index is 12.0. The lowest BCUT2D eigenvalue weighted by molar-refractivity contribution is 0.0601. The van der Waals surface area contributed by atoms with Crippen molar-refractivity contribution in [3.8, 4) is 11.3 Å². The first-order valence-corrected chi connectivity index (χ1v) is 7.65. The largest absolute Gasteiger partial charge is 0.465 e. The minimum Gasteiger partial charge on any atom is -0.465 e. The van der Waals surface area contributed by atoms with Gasteiger partial charge in [-0.25, -0.2) is 4.79 Å². The van der Waals surface area contributed by atoms with E-state index in [0.717, 1.165) is 0 Å². The number of esters is 1. The number of carbonyl (C=O) groups excluding carboxylic acids is 2. The highest BCUT2D eigenvalue weighted by molar-refractivity contribution is 6.04. The molecule has 0 amide bonds. The molecular weight excluding hydrogens is 320 g/mol. The van der Waals surface area contributed by atoms with Crippen LogP contribution in [0, 0.1) is 6.92 Å². The second-order valence-electron chi connectivity index (χ2n) is 5.35. The monoisotopic (exact) mass is 336 g/mol. The van der Waals surface area contributed by atoms with Crippen LogP contribution in [0.1, 0.15) is 32.4 Å². The van der Waals surface area contributed by atoms with E-state index in [1.807, 2.05) is 6.07 Å². The summed E-state index contributed by atoms with van der Waals surface area (Å²) in [6, 6.07) is 13.8. The fourth-order valence-corrected chi connectivity index (χ4v) is 2.38. The Morgan fingerprint density at radius 1 is 1.00 bits per heavy atom. The van der Waals surface area contributed by atoms with Gasteiger partial charge in [-0.3, -0.25) is 4.79 Å². The highest BCUT2D eigenvalue weighted by Gasteiger charge is 2.15. The number of hydrogen-bond acceptors (Lipinski definition) is 5. The van der Waals surface area contributed by atoms with Crippen molar-refractivity contribution in [1.82, 2.24) is 0 Å². The Bertz CT molecular complexity index is 942. The molecule has 2 heterocycles. The molecule has 5 heteroatoms. The van der Waals surface area contributed by atoms with Crippen LogP contribution in [-0.2, 0) is 4.74 Å². The van der Waals surface area contributed by atoms with E-state index in [2.05, 4.69) is 0 Å². The van der Waals surface area contributed by atoms with Crippen molar-refractivity contribution in [2.45, 2.75) is 6.92 Å². The molecule has 0 radical (unpaired) electrons. The number of rotatable bonds is 5. The van der Waals surface area contributed by atoms with E-state index in [9.17, 15) is 9.59 Å². The van der Waals surface area contributed by atoms with Gasteiger partial charge in [0.2, 0.25) is 5.78 Å². The van der Waals surface area contributed by atoms with Gasteiger partial charge in [0.15, 0.2) is 5.76 Å². The van der Waals surface area contributed by atoms with E-state index in [1.54, 1.807) is 55.5 Å². The summed E-state index contributed by atoms with van der Waals surface area (Å²) >= 11 is 0. The summed E-state index contributed by atoms with van der Waals surface area (Å²) in [6.45, 7) is 1.78. The number of aryl methyl sites for hydroxylation is 1. The Labute approximate surface area is 144 Å². The Hall–Kier alpha value is -3.34. The van der Waals surface area contributed by atoms with Gasteiger partial charge in [-0.1, -0.05) is 18.2 Å². The Morgan fingerprint density at radius 2 is 1.80 bits per heavy atom. The van der Waals surface area contributed by atoms with Crippen LogP contribution in [0.5, 0.6) is 0 Å². The summed E-state index contributed by atoms with van der Waals surface area (Å²) in [6.07, 6.45) is 2.94. The third-order valence-electron chi connectivity index (χ3n) is 3.61. The van der Waals surface area contributed by atoms with E-state index in [1.165, 1.54) is 13.2 Å². The van der Waals surface area contributed by atoms with Gasteiger partial charge < -0.3 is 13.6 Å². The van der Waals surface area contributed by atoms with Crippen LogP contribution in [0.15, 0.2) is 63.4 Å². The third-order valence-corrected chi connectivity index (χ3v) is 3.61. The van der Waals surface area contributed by atoms with Crippen LogP contribution in [0.3, 0.4) is 0 Å². The van der Waals surface area contributed by atoms with Crippen LogP contribution in [0.4, 0.5) is 0 Å². The molecule has 0 aliphatic carbocycles. The first kappa shape index (κ1) is 16.5. The summed E-state index contributed by atoms with van der Waals surface area (Å²) in [5, 5.41) is 0. The molecule has 126 valence electrons. The number of benzene rings is 1. The lowest BCUT2D eigenvalue weighted by atomic mass is 10.1. The number of furan rings is 2. The van der Waals surface area contributed by atoms with E-state index in [-0.39, 0.29) is 11.5 Å². The van der Waals surface area contributed by atoms with Crippen LogP contribution in [0.25, 0.3) is 17.4 Å². The molecule has 0 aliphatic rings. The van der Waals surface area contributed by atoms with Crippen LogP contribution in [0.2, 0.25) is 0 Å². The van der Waals surface area contributed by atoms with Gasteiger partial charge in [0.05, 0.1) is 12.7 Å². The van der Waals surface area contributed by atoms with Crippen LogP contribution < -0.4 is 0 Å². The van der Waals surface area contributed by atoms with Crippen molar-refractivity contribution >= 4 is 17.8 Å². The molecule has 3 rings (SSSR count). The fraction of sp³-hybridized carbons (Fsp3) is 0.100. The van der Waals surface area contributed by atoms with Gasteiger partial charge in [0, 0.05) is 5.56 Å². The SMILES string of the molecule is COC(=O)c1ccccc1-c1ccc(/C=C/C(=O)c2ccc(C)o2)o1. The molecule has 0 atom stereocenters. The minimum atomic E-state index is -0.438. The third kappa shape index (κ3) is 3.61. The van der Waals surface area contributed by atoms with Crippen molar-refractivity contribution in [1.29, 1.82) is 0 Å². The molecule has 0 fully saturated rings. The summed E-state index contributed by atoms with van der Waals surface area (Å²) in [5.74, 6) is 1.27. The number of ketones is 1. The lowest BCUT2D eigenvalue weighted by Gasteiger charge is -2.04. The van der Waals surface area contributed by atoms with Crippen molar-refractivity contribution in [2.24, 2.45) is 0 Å². The first-order chi connectivity index (χ1) is 12.1. The summed E-state index contributed by atoms with van der Waals surface area (Å²) in [5.41, 5.74) is 1.04. The molecule has 2 aromatic heterocycles. The molecule has 5 nitrogen and oxygen atoms in total. The van der Waals surface area contributed by atoms with Crippen LogP contribution >= 0.6 is 0 Å². The highest BCUT2D eigenvalue weighted by Crippen LogP contribution is 2.27. The van der Waals surface area contributed by atoms with E-state index >= 15 is 0 Å². The van der Waals surface area contributed by atoms with Crippen molar-refractivity contribution in [2.75, 3.05) is 7.11 Å². The molecule has 0 N–H and O–H groups in total. The second kappa shape index (κ2) is 7.05. The molecule has 0 bridgehead atoms. The molecule has 0 unspecified atom stereocenters. The summed E-state index contributed by atoms with van der Waals surface area (Å²) < 4.78 is 15.8. The van der Waals surface area contributed by atoms with Gasteiger partial charge in [-0.05, 0) is 49.4 Å². The van der Waals surface area contributed by atoms with Gasteiger partial charge in [0.25, 0.3) is 0 Å². The normalized spacial score (nSPS) is 11.0. The quantitative estimate of drug-likeness (QED) is 0.389. The summed E-state index contributed by atoms with van der Waals surface area (Å²) in [4.78, 5) is 23.9. The molecule has 1 aromatic carbocycles. The Balaban J connectivity index is 1.83. The fourth-order valence-electron chi connectivity index (χ4n) is 2.38. The van der Waals surface area contributed by atoms with Gasteiger partial charge in [0.1, 0.15) is 17.3 Å². The summed E-state index contributed by atoms with van der Waals surface area (Å²) in [7, 11) is 1.33. The molecule has 0 aliphatic heterocycles. The van der Waals surface area contributed by atoms with Crippen LogP contribution in [-0.4, -0.2) is 18.9 Å². The molecule has 0 saturated carbocycles. The zero-order valence-electron chi connectivity index (χ0n) is 13.8. The topological polar surface area (TPSA) is 69.7 Å². The maximum atomic E-state index is 12.0. The highest BCUT2D eigenvalue weighted by atomic mass is 16.5. The Kier molecular flexibility index (Phi) is 4.66. The smallest absolute Gasteiger partial charge is 0.338 e. The standard InChI is InChI=1S/C20H16O5/c1-13-7-11-19(24-13)17(21)10-8-14-9-12-18(25-14)15-5-3-4-6-16(15)20(22)23-2/h3-12H,1-2H3/b10-8+. The second-order valence-corrected chi connectivity index (χ2v) is 5.35. The zero-order valence-corrected chi connectivity index (χ0v) is 13.8. The molecule has 25 heavy (non-hydrogen) atoms. The molecule has 0 spiro atoms. The van der Waals surface area contributed by atoms with E-state index in [4.69, 9.17) is 13.6 Å². The van der Waals surface area contributed by atoms with Gasteiger partial charge in [-0.2, -0.15) is 0 Å². The predicted molar refractivity (Wildman–Crippen MR) is 92.3 cm³/mol. The van der Waals surface area contributed by atoms with Gasteiger partial charge >= 0.3 is 5.97 Å². The van der Waals surface area contributed by atoms with E-state index in [0.29, 0.717) is 28.4 Å². The number of ether oxygens (including phenoxy) is 1. The molecule has 3 aromatic rings. The number of hydrogen-bond donors (Lipinski definition) is 0. The predicted octanol–water partition coefficient (Wildman–Crippen LogP) is 4.53. The number of allylic oxidation sites excluding steroid dienone is 1. The molecular formula is C20H16O5. The average Bonchev–Trinajstić information content (AvgIpc) is 3.28. The average molecular weight is 336 g/mol. The zero-order chi connectivity index (χ0) is 17.8. The van der Waals surface area contributed by atoms with Gasteiger partial charge in [-0.15, -0.1) is 0 Å².